The van der Waals surface area contributed by atoms with Crippen LogP contribution in [0.5, 0.6) is 0 Å². The molecule has 2 N–H and O–H groups in total. The maximum Gasteiger partial charge on any atom is 0.490 e. The average Bonchev–Trinajstić information content (AvgIpc) is 3.16. The lowest BCUT2D eigenvalue weighted by Crippen LogP contribution is -2.53. The third-order valence-corrected chi connectivity index (χ3v) is 5.11. The summed E-state index contributed by atoms with van der Waals surface area (Å²) in [5.74, 6) is -5.23. The van der Waals surface area contributed by atoms with Crippen LogP contribution in [0.4, 0.5) is 26.3 Å². The molecule has 3 heterocycles. The molecule has 35 heavy (non-hydrogen) atoms. The molecule has 9 nitrogen and oxygen atoms in total. The molecule has 0 aromatic carbocycles. The van der Waals surface area contributed by atoms with E-state index in [9.17, 15) is 31.1 Å². The van der Waals surface area contributed by atoms with E-state index in [2.05, 4.69) is 16.0 Å². The molecular weight excluding hydrogens is 492 g/mol. The normalized spacial score (nSPS) is 20.2. The number of alkyl halides is 6. The highest BCUT2D eigenvalue weighted by Gasteiger charge is 2.42. The minimum atomic E-state index is -5.08. The van der Waals surface area contributed by atoms with E-state index in [-0.39, 0.29) is 5.91 Å². The number of amides is 1. The van der Waals surface area contributed by atoms with E-state index in [1.54, 1.807) is 7.11 Å². The van der Waals surface area contributed by atoms with Gasteiger partial charge in [-0.15, -0.1) is 0 Å². The van der Waals surface area contributed by atoms with Crippen molar-refractivity contribution in [3.05, 3.63) is 30.1 Å². The van der Waals surface area contributed by atoms with Crippen LogP contribution in [0.3, 0.4) is 0 Å². The topological polar surface area (TPSA) is 120 Å². The first-order chi connectivity index (χ1) is 16.2. The van der Waals surface area contributed by atoms with Crippen molar-refractivity contribution < 1.29 is 55.7 Å². The third kappa shape index (κ3) is 10.1. The molecule has 198 valence electrons. The fourth-order valence-electron chi connectivity index (χ4n) is 3.61. The van der Waals surface area contributed by atoms with Gasteiger partial charge in [0, 0.05) is 51.4 Å². The number of halogens is 6. The molecule has 15 heteroatoms. The number of hydrogen-bond donors (Lipinski definition) is 2. The average molecular weight is 517 g/mol. The van der Waals surface area contributed by atoms with Crippen LogP contribution in [0.15, 0.2) is 24.4 Å². The van der Waals surface area contributed by atoms with Crippen LogP contribution in [0.25, 0.3) is 0 Å². The Morgan fingerprint density at radius 1 is 1.06 bits per heavy atom. The number of piperidine rings is 1. The Bertz CT molecular complexity index is 813. The monoisotopic (exact) mass is 517 g/mol. The van der Waals surface area contributed by atoms with Crippen LogP contribution in [0.1, 0.15) is 25.0 Å². The molecule has 2 fully saturated rings. The molecule has 3 rings (SSSR count). The molecule has 0 aliphatic carbocycles. The lowest BCUT2D eigenvalue weighted by Gasteiger charge is -2.39. The van der Waals surface area contributed by atoms with Gasteiger partial charge in [-0.1, -0.05) is 6.07 Å². The van der Waals surface area contributed by atoms with Gasteiger partial charge in [-0.3, -0.25) is 14.7 Å². The molecule has 2 aliphatic heterocycles. The second kappa shape index (κ2) is 13.2. The Kier molecular flexibility index (Phi) is 11.4. The van der Waals surface area contributed by atoms with Crippen LogP contribution >= 0.6 is 0 Å². The Hall–Kier alpha value is -2.94. The fourth-order valence-corrected chi connectivity index (χ4v) is 3.61. The number of rotatable bonds is 5. The lowest BCUT2D eigenvalue weighted by molar-refractivity contribution is -0.193. The molecule has 1 aromatic heterocycles. The molecule has 2 aliphatic rings. The summed E-state index contributed by atoms with van der Waals surface area (Å²) >= 11 is 0. The largest absolute Gasteiger partial charge is 0.490 e. The van der Waals surface area contributed by atoms with Crippen LogP contribution < -0.4 is 0 Å². The van der Waals surface area contributed by atoms with Crippen LogP contribution in [-0.4, -0.2) is 94.1 Å². The highest BCUT2D eigenvalue weighted by atomic mass is 19.4. The van der Waals surface area contributed by atoms with Gasteiger partial charge in [0.2, 0.25) is 5.91 Å². The van der Waals surface area contributed by atoms with Gasteiger partial charge in [-0.25, -0.2) is 9.59 Å². The third-order valence-electron chi connectivity index (χ3n) is 5.11. The van der Waals surface area contributed by atoms with Crippen LogP contribution in [-0.2, 0) is 25.7 Å². The van der Waals surface area contributed by atoms with Gasteiger partial charge in [0.15, 0.2) is 0 Å². The zero-order valence-electron chi connectivity index (χ0n) is 18.6. The molecule has 0 radical (unpaired) electrons. The first-order valence-corrected chi connectivity index (χ1v) is 10.2. The Morgan fingerprint density at radius 3 is 2.09 bits per heavy atom. The highest BCUT2D eigenvalue weighted by molar-refractivity contribution is 5.77. The van der Waals surface area contributed by atoms with Crippen LogP contribution in [0, 0.1) is 0 Å². The van der Waals surface area contributed by atoms with Gasteiger partial charge in [-0.2, -0.15) is 26.3 Å². The van der Waals surface area contributed by atoms with Crippen molar-refractivity contribution in [2.75, 3.05) is 26.8 Å². The van der Waals surface area contributed by atoms with Gasteiger partial charge in [0.05, 0.1) is 12.3 Å². The number of carbonyl (C=O) groups excluding carboxylic acids is 1. The summed E-state index contributed by atoms with van der Waals surface area (Å²) in [5, 5.41) is 14.2. The summed E-state index contributed by atoms with van der Waals surface area (Å²) in [7, 11) is 1.69. The van der Waals surface area contributed by atoms with Crippen molar-refractivity contribution in [3.63, 3.8) is 0 Å². The molecule has 0 saturated carbocycles. The smallest absolute Gasteiger partial charge is 0.475 e. The Balaban J connectivity index is 0.000000362. The second-order valence-corrected chi connectivity index (χ2v) is 7.44. The van der Waals surface area contributed by atoms with Gasteiger partial charge in [0.1, 0.15) is 0 Å². The SMILES string of the molecule is COCCN1C(=O)CC[C@@H]2[C@H]1CCN2Cc1ccccn1.O=C(O)C(F)(F)F.O=C(O)C(F)(F)F. The number of methoxy groups -OCH3 is 1. The molecule has 2 atom stereocenters. The van der Waals surface area contributed by atoms with Crippen molar-refractivity contribution in [1.29, 1.82) is 0 Å². The molecule has 0 unspecified atom stereocenters. The minimum Gasteiger partial charge on any atom is -0.475 e. The van der Waals surface area contributed by atoms with E-state index >= 15 is 0 Å². The maximum absolute atomic E-state index is 12.1. The summed E-state index contributed by atoms with van der Waals surface area (Å²) in [6, 6.07) is 6.88. The lowest BCUT2D eigenvalue weighted by atomic mass is 9.96. The number of nitrogens with zero attached hydrogens (tertiary/aromatic N) is 3. The van der Waals surface area contributed by atoms with E-state index in [4.69, 9.17) is 24.5 Å². The highest BCUT2D eigenvalue weighted by Crippen LogP contribution is 2.32. The number of aromatic nitrogens is 1. The Morgan fingerprint density at radius 2 is 1.63 bits per heavy atom. The van der Waals surface area contributed by atoms with Crippen molar-refractivity contribution in [2.24, 2.45) is 0 Å². The number of carboxylic acids is 2. The van der Waals surface area contributed by atoms with Gasteiger partial charge >= 0.3 is 24.3 Å². The Labute approximate surface area is 196 Å². The summed E-state index contributed by atoms with van der Waals surface area (Å²) < 4.78 is 68.6. The quantitative estimate of drug-likeness (QED) is 0.572. The number of aliphatic carboxylic acids is 2. The zero-order chi connectivity index (χ0) is 26.8. The van der Waals surface area contributed by atoms with Crippen LogP contribution in [0.2, 0.25) is 0 Å². The van der Waals surface area contributed by atoms with E-state index < -0.39 is 24.3 Å². The standard InChI is InChI=1S/C16H23N3O2.2C2HF3O2/c1-21-11-10-19-15-7-9-18(14(15)5-6-16(19)20)12-13-4-2-3-8-17-13;2*3-2(4,5)1(6)7/h2-4,8,14-15H,5-7,9-12H2,1H3;2*(H,6,7)/t14-,15-;;/m1../s1. The van der Waals surface area contributed by atoms with E-state index in [1.165, 1.54) is 0 Å². The maximum atomic E-state index is 12.1. The number of ether oxygens (including phenoxy) is 1. The number of carboxylic acid groups (broad SMARTS) is 2. The molecule has 0 bridgehead atoms. The van der Waals surface area contributed by atoms with Crippen molar-refractivity contribution in [1.82, 2.24) is 14.8 Å². The summed E-state index contributed by atoms with van der Waals surface area (Å²) in [4.78, 5) is 38.9. The summed E-state index contributed by atoms with van der Waals surface area (Å²) in [5.41, 5.74) is 1.11. The summed E-state index contributed by atoms with van der Waals surface area (Å²) in [6.45, 7) is 3.26. The second-order valence-electron chi connectivity index (χ2n) is 7.44. The molecule has 2 saturated heterocycles. The van der Waals surface area contributed by atoms with Crippen molar-refractivity contribution in [3.8, 4) is 0 Å². The summed E-state index contributed by atoms with van der Waals surface area (Å²) in [6.07, 6.45) is -5.63. The molecule has 1 amide bonds. The first kappa shape index (κ1) is 30.1. The van der Waals surface area contributed by atoms with E-state index in [0.29, 0.717) is 31.7 Å². The number of carbonyl (C=O) groups is 3. The van der Waals surface area contributed by atoms with Gasteiger partial charge < -0.3 is 19.8 Å². The minimum absolute atomic E-state index is 0.285. The number of pyridine rings is 1. The van der Waals surface area contributed by atoms with E-state index in [0.717, 1.165) is 31.6 Å². The van der Waals surface area contributed by atoms with E-state index in [1.807, 2.05) is 23.2 Å². The van der Waals surface area contributed by atoms with Crippen molar-refractivity contribution in [2.45, 2.75) is 50.2 Å². The molecule has 1 aromatic rings. The van der Waals surface area contributed by atoms with Gasteiger partial charge in [-0.05, 0) is 25.0 Å². The predicted octanol–water partition coefficient (Wildman–Crippen LogP) is 2.56. The van der Waals surface area contributed by atoms with Gasteiger partial charge in [0.25, 0.3) is 0 Å². The zero-order valence-corrected chi connectivity index (χ0v) is 18.6. The molecule has 0 spiro atoms. The predicted molar refractivity (Wildman–Crippen MR) is 107 cm³/mol. The first-order valence-electron chi connectivity index (χ1n) is 10.2. The number of fused-ring (bicyclic) bond motifs is 1. The fraction of sp³-hybridized carbons (Fsp3) is 0.600. The molecular formula is C20H25F6N3O6. The number of hydrogen-bond acceptors (Lipinski definition) is 6. The number of likely N-dealkylation sites (tertiary alicyclic amines) is 2. The van der Waals surface area contributed by atoms with Crippen molar-refractivity contribution >= 4 is 17.8 Å².